The molecule has 40 heavy (non-hydrogen) atoms. The van der Waals surface area contributed by atoms with Gasteiger partial charge in [0, 0.05) is 5.56 Å². The van der Waals surface area contributed by atoms with Crippen LogP contribution < -0.4 is 14.2 Å². The summed E-state index contributed by atoms with van der Waals surface area (Å²) in [4.78, 5) is 9.52. The van der Waals surface area contributed by atoms with E-state index in [-0.39, 0.29) is 11.7 Å². The van der Waals surface area contributed by atoms with Crippen molar-refractivity contribution in [3.8, 4) is 40.3 Å². The lowest BCUT2D eigenvalue weighted by Crippen LogP contribution is -2.16. The molecular formula is C30H23FN6O3. The van der Waals surface area contributed by atoms with Gasteiger partial charge in [0.05, 0.1) is 42.6 Å². The van der Waals surface area contributed by atoms with Gasteiger partial charge in [0.1, 0.15) is 12.1 Å². The molecule has 0 bridgehead atoms. The topological polar surface area (TPSA) is 88.6 Å². The highest BCUT2D eigenvalue weighted by molar-refractivity contribution is 5.69. The molecule has 0 saturated heterocycles. The molecule has 0 unspecified atom stereocenters. The zero-order valence-corrected chi connectivity index (χ0v) is 21.9. The summed E-state index contributed by atoms with van der Waals surface area (Å²) in [6.07, 6.45) is 1.57. The fraction of sp³-hybridized carbons (Fsp3) is 0.133. The van der Waals surface area contributed by atoms with Crippen LogP contribution in [0.15, 0.2) is 79.1 Å². The number of nitrogens with zero attached hydrogens (tertiary/aromatic N) is 6. The Hall–Kier alpha value is -5.25. The van der Waals surface area contributed by atoms with E-state index >= 15 is 0 Å². The van der Waals surface area contributed by atoms with Crippen LogP contribution in [0, 0.1) is 12.7 Å². The number of fused-ring (bicyclic) bond motifs is 4. The molecule has 0 spiro atoms. The smallest absolute Gasteiger partial charge is 0.230 e. The standard InChI is InChI=1S/C30H23FN6O3/c1-17-24-25(19-11-14-22(38-2)23(15-19)39-3)26-28-33-27(18-9-12-20(31)13-10-18)35-36(28)16-32-29(26)40-30(24)37(34-17)21-7-5-4-6-8-21/h4-16,25H,1-3H3/t25-/m0/s1. The Morgan fingerprint density at radius 2 is 1.65 bits per heavy atom. The predicted molar refractivity (Wildman–Crippen MR) is 145 cm³/mol. The highest BCUT2D eigenvalue weighted by atomic mass is 19.1. The highest BCUT2D eigenvalue weighted by Gasteiger charge is 2.38. The Morgan fingerprint density at radius 3 is 2.40 bits per heavy atom. The molecule has 1 aliphatic heterocycles. The van der Waals surface area contributed by atoms with Gasteiger partial charge in [-0.15, -0.1) is 5.10 Å². The van der Waals surface area contributed by atoms with E-state index in [9.17, 15) is 4.39 Å². The van der Waals surface area contributed by atoms with Gasteiger partial charge in [0.25, 0.3) is 0 Å². The van der Waals surface area contributed by atoms with Crippen molar-refractivity contribution in [2.75, 3.05) is 14.2 Å². The van der Waals surface area contributed by atoms with Crippen molar-refractivity contribution < 1.29 is 18.6 Å². The van der Waals surface area contributed by atoms with Crippen LogP contribution >= 0.6 is 0 Å². The van der Waals surface area contributed by atoms with Gasteiger partial charge in [-0.05, 0) is 61.0 Å². The molecule has 0 amide bonds. The molecule has 0 saturated carbocycles. The second-order valence-electron chi connectivity index (χ2n) is 9.37. The zero-order chi connectivity index (χ0) is 27.4. The van der Waals surface area contributed by atoms with Crippen molar-refractivity contribution >= 4 is 5.65 Å². The van der Waals surface area contributed by atoms with E-state index in [1.165, 1.54) is 12.1 Å². The van der Waals surface area contributed by atoms with Gasteiger partial charge in [-0.25, -0.2) is 23.6 Å². The predicted octanol–water partition coefficient (Wildman–Crippen LogP) is 5.73. The highest BCUT2D eigenvalue weighted by Crippen LogP contribution is 2.50. The minimum absolute atomic E-state index is 0.327. The first-order valence-electron chi connectivity index (χ1n) is 12.6. The summed E-state index contributed by atoms with van der Waals surface area (Å²) >= 11 is 0. The minimum Gasteiger partial charge on any atom is -0.493 e. The lowest BCUT2D eigenvalue weighted by molar-refractivity contribution is 0.354. The minimum atomic E-state index is -0.363. The van der Waals surface area contributed by atoms with Crippen LogP contribution in [0.2, 0.25) is 0 Å². The van der Waals surface area contributed by atoms with Gasteiger partial charge in [0.15, 0.2) is 23.0 Å². The molecule has 198 valence electrons. The first-order chi connectivity index (χ1) is 19.6. The maximum absolute atomic E-state index is 13.6. The molecular weight excluding hydrogens is 511 g/mol. The number of para-hydroxylation sites is 1. The van der Waals surface area contributed by atoms with E-state index in [1.807, 2.05) is 55.5 Å². The SMILES string of the molecule is COc1ccc([C@H]2c3c(C)nn(-c4ccccc4)c3Oc3ncn4nc(-c5ccc(F)cc5)nc4c32)cc1OC. The molecule has 6 aromatic rings. The summed E-state index contributed by atoms with van der Waals surface area (Å²) < 4.78 is 34.6. The molecule has 9 nitrogen and oxygen atoms in total. The van der Waals surface area contributed by atoms with Crippen molar-refractivity contribution in [3.05, 3.63) is 107 Å². The summed E-state index contributed by atoms with van der Waals surface area (Å²) in [5.41, 5.74) is 5.45. The van der Waals surface area contributed by atoms with Gasteiger partial charge in [-0.2, -0.15) is 5.10 Å². The molecule has 4 heterocycles. The number of benzene rings is 3. The second-order valence-corrected chi connectivity index (χ2v) is 9.37. The van der Waals surface area contributed by atoms with Crippen LogP contribution in [0.1, 0.15) is 28.3 Å². The average Bonchev–Trinajstić information content (AvgIpc) is 3.58. The second kappa shape index (κ2) is 9.19. The van der Waals surface area contributed by atoms with Gasteiger partial charge < -0.3 is 14.2 Å². The fourth-order valence-corrected chi connectivity index (χ4v) is 5.21. The van der Waals surface area contributed by atoms with Crippen LogP contribution in [0.4, 0.5) is 4.39 Å². The monoisotopic (exact) mass is 534 g/mol. The van der Waals surface area contributed by atoms with Crippen LogP contribution in [-0.2, 0) is 0 Å². The first-order valence-corrected chi connectivity index (χ1v) is 12.6. The molecule has 1 atom stereocenters. The van der Waals surface area contributed by atoms with Crippen molar-refractivity contribution in [2.45, 2.75) is 12.8 Å². The summed E-state index contributed by atoms with van der Waals surface area (Å²) in [7, 11) is 3.21. The van der Waals surface area contributed by atoms with Crippen molar-refractivity contribution in [2.24, 2.45) is 0 Å². The number of hydrogen-bond donors (Lipinski definition) is 0. The molecule has 1 aliphatic rings. The normalized spacial score (nSPS) is 13.9. The van der Waals surface area contributed by atoms with Gasteiger partial charge >= 0.3 is 0 Å². The van der Waals surface area contributed by atoms with Crippen molar-refractivity contribution in [3.63, 3.8) is 0 Å². The average molecular weight is 535 g/mol. The summed E-state index contributed by atoms with van der Waals surface area (Å²) in [6.45, 7) is 1.96. The van der Waals surface area contributed by atoms with E-state index in [0.29, 0.717) is 40.3 Å². The number of methoxy groups -OCH3 is 2. The molecule has 3 aromatic heterocycles. The third-order valence-electron chi connectivity index (χ3n) is 7.06. The van der Waals surface area contributed by atoms with Crippen LogP contribution in [0.25, 0.3) is 22.7 Å². The van der Waals surface area contributed by atoms with Crippen LogP contribution in [0.5, 0.6) is 23.3 Å². The third-order valence-corrected chi connectivity index (χ3v) is 7.06. The van der Waals surface area contributed by atoms with E-state index < -0.39 is 0 Å². The first kappa shape index (κ1) is 23.8. The lowest BCUT2D eigenvalue weighted by atomic mass is 9.84. The fourth-order valence-electron chi connectivity index (χ4n) is 5.21. The quantitative estimate of drug-likeness (QED) is 0.279. The van der Waals surface area contributed by atoms with Crippen molar-refractivity contribution in [1.29, 1.82) is 0 Å². The third kappa shape index (κ3) is 3.68. The Kier molecular flexibility index (Phi) is 5.48. The van der Waals surface area contributed by atoms with Gasteiger partial charge in [-0.1, -0.05) is 24.3 Å². The van der Waals surface area contributed by atoms with Gasteiger partial charge in [0.2, 0.25) is 11.8 Å². The Labute approximate surface area is 228 Å². The molecule has 3 aromatic carbocycles. The van der Waals surface area contributed by atoms with Gasteiger partial charge in [-0.3, -0.25) is 0 Å². The molecule has 0 fully saturated rings. The van der Waals surface area contributed by atoms with Crippen molar-refractivity contribution in [1.82, 2.24) is 29.4 Å². The number of rotatable bonds is 5. The maximum Gasteiger partial charge on any atom is 0.230 e. The van der Waals surface area contributed by atoms with E-state index in [1.54, 1.807) is 41.9 Å². The summed E-state index contributed by atoms with van der Waals surface area (Å²) in [5.74, 6) is 1.94. The summed E-state index contributed by atoms with van der Waals surface area (Å²) in [6, 6.07) is 21.7. The maximum atomic E-state index is 13.6. The number of aromatic nitrogens is 6. The van der Waals surface area contributed by atoms with Crippen LogP contribution in [-0.4, -0.2) is 43.6 Å². The molecule has 10 heteroatoms. The van der Waals surface area contributed by atoms with E-state index in [0.717, 1.165) is 28.1 Å². The Balaban J connectivity index is 1.49. The van der Waals surface area contributed by atoms with E-state index in [4.69, 9.17) is 24.3 Å². The molecule has 0 N–H and O–H groups in total. The summed E-state index contributed by atoms with van der Waals surface area (Å²) in [5, 5.41) is 9.51. The Bertz CT molecular complexity index is 1880. The van der Waals surface area contributed by atoms with Crippen LogP contribution in [0.3, 0.4) is 0 Å². The zero-order valence-electron chi connectivity index (χ0n) is 21.9. The molecule has 0 aliphatic carbocycles. The number of hydrogen-bond acceptors (Lipinski definition) is 7. The largest absolute Gasteiger partial charge is 0.493 e. The van der Waals surface area contributed by atoms with E-state index in [2.05, 4.69) is 10.1 Å². The lowest BCUT2D eigenvalue weighted by Gasteiger charge is -2.26. The molecule has 0 radical (unpaired) electrons. The number of aryl methyl sites for hydroxylation is 1. The Morgan fingerprint density at radius 1 is 0.875 bits per heavy atom. The number of halogens is 1. The molecule has 7 rings (SSSR count). The number of ether oxygens (including phenoxy) is 3.